The molecular weight excluding hydrogens is 375 g/mol. The van der Waals surface area contributed by atoms with Gasteiger partial charge in [0.25, 0.3) is 5.82 Å². The van der Waals surface area contributed by atoms with Gasteiger partial charge in [0, 0.05) is 11.6 Å². The van der Waals surface area contributed by atoms with Crippen molar-refractivity contribution in [2.45, 2.75) is 48.3 Å². The molecular formula is C13H12F3N7S2. The highest BCUT2D eigenvalue weighted by atomic mass is 32.2. The van der Waals surface area contributed by atoms with Crippen molar-refractivity contribution in [1.82, 2.24) is 30.0 Å². The van der Waals surface area contributed by atoms with E-state index in [2.05, 4.69) is 30.8 Å². The topological polar surface area (TPSA) is 80.9 Å². The van der Waals surface area contributed by atoms with Gasteiger partial charge in [-0.15, -0.1) is 20.4 Å². The van der Waals surface area contributed by atoms with Gasteiger partial charge in [-0.1, -0.05) is 11.3 Å². The Bertz CT molecular complexity index is 945. The zero-order chi connectivity index (χ0) is 17.8. The Hall–Kier alpha value is -1.95. The van der Waals surface area contributed by atoms with Crippen LogP contribution in [-0.2, 0) is 6.18 Å². The van der Waals surface area contributed by atoms with E-state index < -0.39 is 12.0 Å². The number of nitrogens with zero attached hydrogens (tertiary/aromatic N) is 6. The molecule has 0 spiro atoms. The molecule has 0 radical (unpaired) electrons. The van der Waals surface area contributed by atoms with Crippen LogP contribution in [0.15, 0.2) is 9.37 Å². The predicted octanol–water partition coefficient (Wildman–Crippen LogP) is 3.34. The van der Waals surface area contributed by atoms with Gasteiger partial charge in [0.05, 0.1) is 0 Å². The molecule has 25 heavy (non-hydrogen) atoms. The van der Waals surface area contributed by atoms with Crippen molar-refractivity contribution < 1.29 is 13.2 Å². The Morgan fingerprint density at radius 2 is 1.88 bits per heavy atom. The van der Waals surface area contributed by atoms with Crippen LogP contribution in [0.3, 0.4) is 0 Å². The Balaban J connectivity index is 1.70. The van der Waals surface area contributed by atoms with Gasteiger partial charge in [0.2, 0.25) is 5.13 Å². The molecule has 3 heterocycles. The average Bonchev–Trinajstić information content (AvgIpc) is 3.06. The van der Waals surface area contributed by atoms with E-state index >= 15 is 0 Å². The van der Waals surface area contributed by atoms with Crippen LogP contribution < -0.4 is 5.32 Å². The number of fused-ring (bicyclic) bond motifs is 1. The molecule has 1 N–H and O–H groups in total. The third-order valence-electron chi connectivity index (χ3n) is 3.80. The van der Waals surface area contributed by atoms with E-state index in [9.17, 15) is 13.2 Å². The summed E-state index contributed by atoms with van der Waals surface area (Å²) in [4.78, 5) is 0. The fourth-order valence-corrected chi connectivity index (χ4v) is 4.04. The fourth-order valence-electron chi connectivity index (χ4n) is 2.17. The molecule has 0 aliphatic heterocycles. The lowest BCUT2D eigenvalue weighted by atomic mass is 10.2. The van der Waals surface area contributed by atoms with Crippen LogP contribution in [0.5, 0.6) is 0 Å². The maximum absolute atomic E-state index is 13.1. The molecule has 132 valence electrons. The van der Waals surface area contributed by atoms with Crippen LogP contribution >= 0.6 is 23.1 Å². The Morgan fingerprint density at radius 3 is 2.56 bits per heavy atom. The molecule has 0 saturated heterocycles. The lowest BCUT2D eigenvalue weighted by Crippen LogP contribution is -2.13. The summed E-state index contributed by atoms with van der Waals surface area (Å²) in [5, 5.41) is 23.4. The molecule has 0 aromatic carbocycles. The molecule has 1 saturated carbocycles. The summed E-state index contributed by atoms with van der Waals surface area (Å²) in [5.41, 5.74) is 1.44. The first-order valence-electron chi connectivity index (χ1n) is 7.40. The summed E-state index contributed by atoms with van der Waals surface area (Å²) in [6.07, 6.45) is -2.39. The fraction of sp³-hybridized carbons (Fsp3) is 0.462. The van der Waals surface area contributed by atoms with E-state index in [4.69, 9.17) is 0 Å². The minimum atomic E-state index is -4.62. The van der Waals surface area contributed by atoms with Crippen LogP contribution in [0, 0.1) is 13.8 Å². The maximum Gasteiger partial charge on any atom is 0.453 e. The second-order valence-electron chi connectivity index (χ2n) is 5.71. The van der Waals surface area contributed by atoms with Gasteiger partial charge in [-0.2, -0.15) is 22.8 Å². The van der Waals surface area contributed by atoms with Crippen molar-refractivity contribution in [2.24, 2.45) is 0 Å². The molecule has 4 rings (SSSR count). The number of aromatic nitrogens is 6. The second kappa shape index (κ2) is 5.80. The molecule has 7 nitrogen and oxygen atoms in total. The molecule has 0 unspecified atom stereocenters. The van der Waals surface area contributed by atoms with Gasteiger partial charge in [0.15, 0.2) is 9.99 Å². The summed E-state index contributed by atoms with van der Waals surface area (Å²) in [6.45, 7) is 3.49. The highest BCUT2D eigenvalue weighted by Crippen LogP contribution is 2.36. The highest BCUT2D eigenvalue weighted by molar-refractivity contribution is 8.01. The molecule has 3 aromatic rings. The Morgan fingerprint density at radius 1 is 1.12 bits per heavy atom. The molecule has 0 atom stereocenters. The van der Waals surface area contributed by atoms with E-state index in [1.807, 2.05) is 0 Å². The first-order valence-corrected chi connectivity index (χ1v) is 9.04. The number of anilines is 1. The van der Waals surface area contributed by atoms with Crippen LogP contribution in [-0.4, -0.2) is 36.1 Å². The Labute approximate surface area is 148 Å². The number of hydrogen-bond acceptors (Lipinski definition) is 8. The molecule has 1 fully saturated rings. The molecule has 1 aliphatic rings. The number of alkyl halides is 3. The Kier molecular flexibility index (Phi) is 3.83. The summed E-state index contributed by atoms with van der Waals surface area (Å²) in [6, 6.07) is 0.454. The summed E-state index contributed by atoms with van der Waals surface area (Å²) >= 11 is 2.54. The normalized spacial score (nSPS) is 15.1. The SMILES string of the molecule is Cc1c(Sc2nnc(NC3CC3)s2)nn2c(C(F)(F)F)nnc2c1C. The predicted molar refractivity (Wildman–Crippen MR) is 85.9 cm³/mol. The van der Waals surface area contributed by atoms with Gasteiger partial charge < -0.3 is 5.32 Å². The third kappa shape index (κ3) is 3.15. The monoisotopic (exact) mass is 387 g/mol. The molecule has 0 amide bonds. The molecule has 0 bridgehead atoms. The van der Waals surface area contributed by atoms with Gasteiger partial charge in [-0.25, -0.2) is 0 Å². The summed E-state index contributed by atoms with van der Waals surface area (Å²) in [5.74, 6) is -1.14. The van der Waals surface area contributed by atoms with E-state index in [1.165, 1.54) is 23.1 Å². The summed E-state index contributed by atoms with van der Waals surface area (Å²) in [7, 11) is 0. The molecule has 3 aromatic heterocycles. The van der Waals surface area contributed by atoms with Crippen LogP contribution in [0.1, 0.15) is 29.8 Å². The molecule has 1 aliphatic carbocycles. The minimum absolute atomic E-state index is 0.0996. The standard InChI is InChI=1S/C13H12F3N7S2/c1-5-6(2)9(22-23-8(5)18-19-10(23)13(14,15)16)24-12-21-20-11(25-12)17-7-3-4-7/h7H,3-4H2,1-2H3,(H,17,20). The van der Waals surface area contributed by atoms with E-state index in [1.54, 1.807) is 13.8 Å². The van der Waals surface area contributed by atoms with E-state index in [-0.39, 0.29) is 5.65 Å². The van der Waals surface area contributed by atoms with Crippen molar-refractivity contribution >= 4 is 33.9 Å². The first kappa shape index (κ1) is 16.5. The smallest absolute Gasteiger partial charge is 0.357 e. The first-order chi connectivity index (χ1) is 11.8. The quantitative estimate of drug-likeness (QED) is 0.735. The number of aryl methyl sites for hydroxylation is 1. The maximum atomic E-state index is 13.1. The lowest BCUT2D eigenvalue weighted by Gasteiger charge is -2.09. The summed E-state index contributed by atoms with van der Waals surface area (Å²) < 4.78 is 40.6. The third-order valence-corrected chi connectivity index (χ3v) is 5.79. The zero-order valence-electron chi connectivity index (χ0n) is 13.1. The zero-order valence-corrected chi connectivity index (χ0v) is 14.8. The lowest BCUT2D eigenvalue weighted by molar-refractivity contribution is -0.146. The van der Waals surface area contributed by atoms with Gasteiger partial charge in [-0.05, 0) is 44.0 Å². The highest BCUT2D eigenvalue weighted by Gasteiger charge is 2.38. The van der Waals surface area contributed by atoms with Crippen molar-refractivity contribution in [3.8, 4) is 0 Å². The van der Waals surface area contributed by atoms with Gasteiger partial charge in [0.1, 0.15) is 5.03 Å². The minimum Gasteiger partial charge on any atom is -0.357 e. The second-order valence-corrected chi connectivity index (χ2v) is 7.92. The van der Waals surface area contributed by atoms with Crippen LogP contribution in [0.25, 0.3) is 5.65 Å². The van der Waals surface area contributed by atoms with Crippen LogP contribution in [0.4, 0.5) is 18.3 Å². The van der Waals surface area contributed by atoms with Gasteiger partial charge >= 0.3 is 6.18 Å². The van der Waals surface area contributed by atoms with E-state index in [0.717, 1.165) is 22.9 Å². The largest absolute Gasteiger partial charge is 0.453 e. The average molecular weight is 387 g/mol. The number of rotatable bonds is 4. The molecule has 12 heteroatoms. The van der Waals surface area contributed by atoms with Crippen LogP contribution in [0.2, 0.25) is 0 Å². The van der Waals surface area contributed by atoms with Gasteiger partial charge in [-0.3, -0.25) is 0 Å². The van der Waals surface area contributed by atoms with Crippen molar-refractivity contribution in [1.29, 1.82) is 0 Å². The van der Waals surface area contributed by atoms with Crippen molar-refractivity contribution in [3.05, 3.63) is 17.0 Å². The van der Waals surface area contributed by atoms with Crippen molar-refractivity contribution in [2.75, 3.05) is 5.32 Å². The van der Waals surface area contributed by atoms with E-state index in [0.29, 0.717) is 26.1 Å². The number of nitrogens with one attached hydrogen (secondary N) is 1. The number of halogens is 3. The van der Waals surface area contributed by atoms with Crippen molar-refractivity contribution in [3.63, 3.8) is 0 Å². The number of hydrogen-bond donors (Lipinski definition) is 1.